The van der Waals surface area contributed by atoms with Gasteiger partial charge in [-0.2, -0.15) is 11.8 Å². The highest BCUT2D eigenvalue weighted by atomic mass is 32.2. The van der Waals surface area contributed by atoms with E-state index in [-0.39, 0.29) is 5.91 Å². The maximum Gasteiger partial charge on any atom is 0.267 e. The molecule has 1 saturated carbocycles. The average molecular weight is 284 g/mol. The Bertz CT molecular complexity index is 452. The van der Waals surface area contributed by atoms with Crippen LogP contribution < -0.4 is 11.1 Å². The van der Waals surface area contributed by atoms with Gasteiger partial charge in [-0.05, 0) is 12.8 Å². The Morgan fingerprint density at radius 2 is 2.11 bits per heavy atom. The lowest BCUT2D eigenvalue weighted by molar-refractivity contribution is 0.0778. The molecule has 2 aliphatic rings. The second-order valence-electron chi connectivity index (χ2n) is 4.56. The van der Waals surface area contributed by atoms with Crippen molar-refractivity contribution in [2.24, 2.45) is 0 Å². The Morgan fingerprint density at radius 3 is 2.78 bits per heavy atom. The summed E-state index contributed by atoms with van der Waals surface area (Å²) in [4.78, 5) is 19.0. The molecule has 2 fully saturated rings. The van der Waals surface area contributed by atoms with E-state index in [1.54, 1.807) is 0 Å². The first kappa shape index (κ1) is 12.1. The third-order valence-electron chi connectivity index (χ3n) is 3.05. The zero-order valence-electron chi connectivity index (χ0n) is 10.0. The van der Waals surface area contributed by atoms with E-state index in [4.69, 9.17) is 5.73 Å². The van der Waals surface area contributed by atoms with Gasteiger partial charge in [-0.3, -0.25) is 4.79 Å². The summed E-state index contributed by atoms with van der Waals surface area (Å²) in [5.41, 5.74) is 5.85. The molecular weight excluding hydrogens is 268 g/mol. The van der Waals surface area contributed by atoms with Gasteiger partial charge in [0.1, 0.15) is 10.7 Å². The molecule has 3 N–H and O–H groups in total. The predicted octanol–water partition coefficient (Wildman–Crippen LogP) is 1.49. The molecule has 0 unspecified atom stereocenters. The SMILES string of the molecule is Nc1nc(NC2CC2)sc1C(=O)N1CCSCC1. The number of amides is 1. The van der Waals surface area contributed by atoms with Crippen LogP contribution >= 0.6 is 23.1 Å². The molecule has 0 aromatic carbocycles. The summed E-state index contributed by atoms with van der Waals surface area (Å²) in [6, 6.07) is 0.532. The molecule has 5 nitrogen and oxygen atoms in total. The number of nitrogens with one attached hydrogen (secondary N) is 1. The molecule has 2 heterocycles. The van der Waals surface area contributed by atoms with E-state index < -0.39 is 0 Å². The quantitative estimate of drug-likeness (QED) is 0.880. The smallest absolute Gasteiger partial charge is 0.267 e. The van der Waals surface area contributed by atoms with Crippen LogP contribution in [-0.4, -0.2) is 46.4 Å². The Balaban J connectivity index is 1.73. The molecule has 1 aromatic rings. The maximum absolute atomic E-state index is 12.3. The lowest BCUT2D eigenvalue weighted by atomic mass is 10.4. The first-order valence-corrected chi connectivity index (χ1v) is 8.11. The van der Waals surface area contributed by atoms with E-state index in [0.717, 1.165) is 29.7 Å². The molecule has 0 bridgehead atoms. The molecule has 0 spiro atoms. The number of nitrogens with zero attached hydrogens (tertiary/aromatic N) is 2. The predicted molar refractivity (Wildman–Crippen MR) is 76.4 cm³/mol. The molecule has 1 saturated heterocycles. The zero-order chi connectivity index (χ0) is 12.5. The van der Waals surface area contributed by atoms with Gasteiger partial charge in [0.2, 0.25) is 0 Å². The Labute approximate surface area is 114 Å². The van der Waals surface area contributed by atoms with Crippen molar-refractivity contribution < 1.29 is 4.79 Å². The minimum atomic E-state index is 0.0362. The molecule has 1 aromatic heterocycles. The van der Waals surface area contributed by atoms with Gasteiger partial charge in [0.25, 0.3) is 5.91 Å². The number of carbonyl (C=O) groups excluding carboxylic acids is 1. The number of nitrogens with two attached hydrogens (primary N) is 1. The highest BCUT2D eigenvalue weighted by molar-refractivity contribution is 7.99. The van der Waals surface area contributed by atoms with Crippen LogP contribution in [0.2, 0.25) is 0 Å². The van der Waals surface area contributed by atoms with E-state index in [1.165, 1.54) is 24.2 Å². The van der Waals surface area contributed by atoms with E-state index in [1.807, 2.05) is 16.7 Å². The lowest BCUT2D eigenvalue weighted by Gasteiger charge is -2.25. The summed E-state index contributed by atoms with van der Waals surface area (Å²) in [6.45, 7) is 1.62. The van der Waals surface area contributed by atoms with Crippen LogP contribution in [0.5, 0.6) is 0 Å². The van der Waals surface area contributed by atoms with Crippen LogP contribution in [-0.2, 0) is 0 Å². The molecule has 7 heteroatoms. The molecule has 0 atom stereocenters. The van der Waals surface area contributed by atoms with Gasteiger partial charge >= 0.3 is 0 Å². The van der Waals surface area contributed by atoms with Crippen molar-refractivity contribution >= 4 is 40.0 Å². The Hall–Kier alpha value is -0.950. The van der Waals surface area contributed by atoms with Crippen LogP contribution in [0.4, 0.5) is 10.9 Å². The van der Waals surface area contributed by atoms with E-state index in [0.29, 0.717) is 16.7 Å². The number of thioether (sulfide) groups is 1. The van der Waals surface area contributed by atoms with Crippen molar-refractivity contribution in [3.63, 3.8) is 0 Å². The second-order valence-corrected chi connectivity index (χ2v) is 6.78. The highest BCUT2D eigenvalue weighted by Gasteiger charge is 2.26. The normalized spacial score (nSPS) is 19.9. The number of aromatic nitrogens is 1. The average Bonchev–Trinajstić information content (AvgIpc) is 3.12. The molecule has 1 amide bonds. The number of nitrogen functional groups attached to an aromatic ring is 1. The van der Waals surface area contributed by atoms with Crippen molar-refractivity contribution in [2.45, 2.75) is 18.9 Å². The van der Waals surface area contributed by atoms with Gasteiger partial charge in [0.15, 0.2) is 5.13 Å². The van der Waals surface area contributed by atoms with Gasteiger partial charge < -0.3 is 16.0 Å². The molecule has 98 valence electrons. The standard InChI is InChI=1S/C11H16N4OS2/c12-9-8(10(16)15-3-5-17-6-4-15)18-11(14-9)13-7-1-2-7/h7H,1-6,12H2,(H,13,14). The van der Waals surface area contributed by atoms with E-state index in [9.17, 15) is 4.79 Å². The molecule has 0 radical (unpaired) electrons. The topological polar surface area (TPSA) is 71.2 Å². The molecule has 1 aliphatic heterocycles. The van der Waals surface area contributed by atoms with Crippen molar-refractivity contribution in [3.8, 4) is 0 Å². The Morgan fingerprint density at radius 1 is 1.39 bits per heavy atom. The first-order chi connectivity index (χ1) is 8.74. The van der Waals surface area contributed by atoms with Gasteiger partial charge in [0, 0.05) is 30.6 Å². The number of thiazole rings is 1. The number of rotatable bonds is 3. The summed E-state index contributed by atoms with van der Waals surface area (Å²) < 4.78 is 0. The number of anilines is 2. The third-order valence-corrected chi connectivity index (χ3v) is 4.98. The summed E-state index contributed by atoms with van der Waals surface area (Å²) in [5.74, 6) is 2.43. The van der Waals surface area contributed by atoms with E-state index in [2.05, 4.69) is 10.3 Å². The summed E-state index contributed by atoms with van der Waals surface area (Å²) >= 11 is 3.27. The summed E-state index contributed by atoms with van der Waals surface area (Å²) in [6.07, 6.45) is 2.37. The van der Waals surface area contributed by atoms with E-state index >= 15 is 0 Å². The molecule has 3 rings (SSSR count). The van der Waals surface area contributed by atoms with Crippen LogP contribution in [0.1, 0.15) is 22.5 Å². The van der Waals surface area contributed by atoms with Crippen LogP contribution in [0.3, 0.4) is 0 Å². The highest BCUT2D eigenvalue weighted by Crippen LogP contribution is 2.31. The van der Waals surface area contributed by atoms with Crippen LogP contribution in [0, 0.1) is 0 Å². The number of hydrogen-bond acceptors (Lipinski definition) is 6. The number of carbonyl (C=O) groups is 1. The van der Waals surface area contributed by atoms with Crippen LogP contribution in [0.25, 0.3) is 0 Å². The fourth-order valence-corrected chi connectivity index (χ4v) is 3.69. The fourth-order valence-electron chi connectivity index (χ4n) is 1.86. The fraction of sp³-hybridized carbons (Fsp3) is 0.636. The summed E-state index contributed by atoms with van der Waals surface area (Å²) in [7, 11) is 0. The Kier molecular flexibility index (Phi) is 3.34. The van der Waals surface area contributed by atoms with Gasteiger partial charge in [0.05, 0.1) is 0 Å². The minimum Gasteiger partial charge on any atom is -0.382 e. The summed E-state index contributed by atoms with van der Waals surface area (Å²) in [5, 5.41) is 4.07. The molecule has 1 aliphatic carbocycles. The van der Waals surface area contributed by atoms with Crippen molar-refractivity contribution in [3.05, 3.63) is 4.88 Å². The minimum absolute atomic E-state index is 0.0362. The van der Waals surface area contributed by atoms with Gasteiger partial charge in [-0.1, -0.05) is 11.3 Å². The lowest BCUT2D eigenvalue weighted by Crippen LogP contribution is -2.37. The second kappa shape index (κ2) is 4.97. The largest absolute Gasteiger partial charge is 0.382 e. The van der Waals surface area contributed by atoms with Gasteiger partial charge in [-0.15, -0.1) is 0 Å². The van der Waals surface area contributed by atoms with Crippen molar-refractivity contribution in [2.75, 3.05) is 35.6 Å². The first-order valence-electron chi connectivity index (χ1n) is 6.14. The third kappa shape index (κ3) is 2.56. The zero-order valence-corrected chi connectivity index (χ0v) is 11.6. The maximum atomic E-state index is 12.3. The molecule has 18 heavy (non-hydrogen) atoms. The number of hydrogen-bond donors (Lipinski definition) is 2. The van der Waals surface area contributed by atoms with Crippen molar-refractivity contribution in [1.29, 1.82) is 0 Å². The monoisotopic (exact) mass is 284 g/mol. The molecular formula is C11H16N4OS2. The van der Waals surface area contributed by atoms with Crippen molar-refractivity contribution in [1.82, 2.24) is 9.88 Å². The van der Waals surface area contributed by atoms with Gasteiger partial charge in [-0.25, -0.2) is 4.98 Å². The van der Waals surface area contributed by atoms with Crippen LogP contribution in [0.15, 0.2) is 0 Å².